The van der Waals surface area contributed by atoms with E-state index in [2.05, 4.69) is 0 Å². The molecule has 2 rings (SSSR count). The molecule has 0 radical (unpaired) electrons. The lowest BCUT2D eigenvalue weighted by molar-refractivity contribution is 0.0557. The Morgan fingerprint density at radius 1 is 1.16 bits per heavy atom. The standard InChI is InChI=1S/C15H15FO3/c1-18-15(13-7-2-3-8-14(13)17)10-19-12-6-4-5-11(16)9-12/h2-9,15,17H,10H2,1H3. The summed E-state index contributed by atoms with van der Waals surface area (Å²) in [7, 11) is 1.53. The number of benzene rings is 2. The van der Waals surface area contributed by atoms with Crippen molar-refractivity contribution in [3.8, 4) is 11.5 Å². The zero-order valence-corrected chi connectivity index (χ0v) is 10.5. The van der Waals surface area contributed by atoms with Gasteiger partial charge in [0.15, 0.2) is 0 Å². The van der Waals surface area contributed by atoms with E-state index in [-0.39, 0.29) is 18.2 Å². The normalized spacial score (nSPS) is 12.1. The second-order valence-electron chi connectivity index (χ2n) is 4.05. The molecule has 4 heteroatoms. The number of phenolic OH excluding ortho intramolecular Hbond substituents is 1. The van der Waals surface area contributed by atoms with Crippen LogP contribution in [-0.4, -0.2) is 18.8 Å². The maximum Gasteiger partial charge on any atom is 0.126 e. The smallest absolute Gasteiger partial charge is 0.126 e. The predicted molar refractivity (Wildman–Crippen MR) is 69.8 cm³/mol. The zero-order chi connectivity index (χ0) is 13.7. The average Bonchev–Trinajstić information content (AvgIpc) is 2.41. The Kier molecular flexibility index (Phi) is 4.36. The molecule has 1 N–H and O–H groups in total. The van der Waals surface area contributed by atoms with Crippen molar-refractivity contribution in [1.29, 1.82) is 0 Å². The summed E-state index contributed by atoms with van der Waals surface area (Å²) in [5.74, 6) is 0.226. The van der Waals surface area contributed by atoms with Crippen LogP contribution >= 0.6 is 0 Å². The Morgan fingerprint density at radius 3 is 2.63 bits per heavy atom. The quantitative estimate of drug-likeness (QED) is 0.898. The van der Waals surface area contributed by atoms with Gasteiger partial charge in [-0.2, -0.15) is 0 Å². The Morgan fingerprint density at radius 2 is 1.95 bits per heavy atom. The summed E-state index contributed by atoms with van der Waals surface area (Å²) in [6.07, 6.45) is -0.413. The second kappa shape index (κ2) is 6.20. The lowest BCUT2D eigenvalue weighted by atomic mass is 10.1. The van der Waals surface area contributed by atoms with Crippen LogP contribution in [0.5, 0.6) is 11.5 Å². The number of hydrogen-bond acceptors (Lipinski definition) is 3. The van der Waals surface area contributed by atoms with Gasteiger partial charge in [-0.15, -0.1) is 0 Å². The van der Waals surface area contributed by atoms with Crippen LogP contribution in [0.25, 0.3) is 0 Å². The van der Waals surface area contributed by atoms with Crippen LogP contribution in [0.3, 0.4) is 0 Å². The summed E-state index contributed by atoms with van der Waals surface area (Å²) in [6, 6.07) is 12.8. The van der Waals surface area contributed by atoms with Gasteiger partial charge in [-0.3, -0.25) is 0 Å². The number of ether oxygens (including phenoxy) is 2. The number of hydrogen-bond donors (Lipinski definition) is 1. The molecule has 0 aliphatic heterocycles. The molecule has 0 aliphatic carbocycles. The molecule has 0 aliphatic rings. The van der Waals surface area contributed by atoms with Gasteiger partial charge < -0.3 is 14.6 Å². The molecule has 3 nitrogen and oxygen atoms in total. The summed E-state index contributed by atoms with van der Waals surface area (Å²) in [5.41, 5.74) is 0.640. The minimum Gasteiger partial charge on any atom is -0.508 e. The van der Waals surface area contributed by atoms with Crippen molar-refractivity contribution >= 4 is 0 Å². The molecule has 0 aromatic heterocycles. The molecule has 0 fully saturated rings. The van der Waals surface area contributed by atoms with Crippen molar-refractivity contribution in [1.82, 2.24) is 0 Å². The van der Waals surface area contributed by atoms with E-state index in [0.29, 0.717) is 11.3 Å². The summed E-state index contributed by atoms with van der Waals surface area (Å²) < 4.78 is 23.8. The third-order valence-corrected chi connectivity index (χ3v) is 2.77. The predicted octanol–water partition coefficient (Wildman–Crippen LogP) is 3.30. The van der Waals surface area contributed by atoms with Crippen molar-refractivity contribution < 1.29 is 19.0 Å². The van der Waals surface area contributed by atoms with Gasteiger partial charge in [0.25, 0.3) is 0 Å². The van der Waals surface area contributed by atoms with Crippen LogP contribution in [0.4, 0.5) is 4.39 Å². The van der Waals surface area contributed by atoms with E-state index in [9.17, 15) is 9.50 Å². The molecule has 1 unspecified atom stereocenters. The van der Waals surface area contributed by atoms with Gasteiger partial charge in [0.05, 0.1) is 0 Å². The first-order valence-corrected chi connectivity index (χ1v) is 5.89. The number of methoxy groups -OCH3 is 1. The first kappa shape index (κ1) is 13.4. The zero-order valence-electron chi connectivity index (χ0n) is 10.5. The molecule has 100 valence electrons. The maximum atomic E-state index is 13.0. The molecule has 0 saturated carbocycles. The van der Waals surface area contributed by atoms with Gasteiger partial charge in [-0.25, -0.2) is 4.39 Å². The molecule has 0 spiro atoms. The fraction of sp³-hybridized carbons (Fsp3) is 0.200. The highest BCUT2D eigenvalue weighted by molar-refractivity contribution is 5.34. The highest BCUT2D eigenvalue weighted by Crippen LogP contribution is 2.26. The first-order valence-electron chi connectivity index (χ1n) is 5.89. The number of phenols is 1. The van der Waals surface area contributed by atoms with Crippen LogP contribution in [0.15, 0.2) is 48.5 Å². The lowest BCUT2D eigenvalue weighted by Gasteiger charge is -2.17. The summed E-state index contributed by atoms with van der Waals surface area (Å²) >= 11 is 0. The number of aromatic hydroxyl groups is 1. The van der Waals surface area contributed by atoms with E-state index in [1.54, 1.807) is 30.3 Å². The topological polar surface area (TPSA) is 38.7 Å². The van der Waals surface area contributed by atoms with Gasteiger partial charge in [0.2, 0.25) is 0 Å². The van der Waals surface area contributed by atoms with Gasteiger partial charge in [0.1, 0.15) is 30.0 Å². The fourth-order valence-electron chi connectivity index (χ4n) is 1.77. The molecule has 19 heavy (non-hydrogen) atoms. The highest BCUT2D eigenvalue weighted by Gasteiger charge is 2.15. The van der Waals surface area contributed by atoms with E-state index in [1.165, 1.54) is 19.2 Å². The van der Waals surface area contributed by atoms with E-state index in [0.717, 1.165) is 0 Å². The van der Waals surface area contributed by atoms with Crippen molar-refractivity contribution in [3.05, 3.63) is 59.9 Å². The fourth-order valence-corrected chi connectivity index (χ4v) is 1.77. The maximum absolute atomic E-state index is 13.0. The van der Waals surface area contributed by atoms with E-state index >= 15 is 0 Å². The van der Waals surface area contributed by atoms with Crippen molar-refractivity contribution in [2.45, 2.75) is 6.10 Å². The average molecular weight is 262 g/mol. The van der Waals surface area contributed by atoms with Gasteiger partial charge in [0, 0.05) is 18.7 Å². The first-order chi connectivity index (χ1) is 9.20. The third kappa shape index (κ3) is 3.45. The molecule has 0 saturated heterocycles. The summed E-state index contributed by atoms with van der Waals surface area (Å²) in [6.45, 7) is 0.192. The van der Waals surface area contributed by atoms with Crippen LogP contribution < -0.4 is 4.74 Å². The Bertz CT molecular complexity index is 542. The minimum absolute atomic E-state index is 0.150. The molecule has 1 atom stereocenters. The van der Waals surface area contributed by atoms with E-state index in [4.69, 9.17) is 9.47 Å². The molecular formula is C15H15FO3. The SMILES string of the molecule is COC(COc1cccc(F)c1)c1ccccc1O. The van der Waals surface area contributed by atoms with Crippen molar-refractivity contribution in [2.75, 3.05) is 13.7 Å². The van der Waals surface area contributed by atoms with Crippen LogP contribution in [0.1, 0.15) is 11.7 Å². The summed E-state index contributed by atoms with van der Waals surface area (Å²) in [4.78, 5) is 0. The molecule has 0 bridgehead atoms. The van der Waals surface area contributed by atoms with E-state index in [1.807, 2.05) is 6.07 Å². The Labute approximate surface area is 111 Å². The lowest BCUT2D eigenvalue weighted by Crippen LogP contribution is -2.12. The van der Waals surface area contributed by atoms with Crippen molar-refractivity contribution in [2.24, 2.45) is 0 Å². The number of rotatable bonds is 5. The van der Waals surface area contributed by atoms with Gasteiger partial charge in [-0.1, -0.05) is 24.3 Å². The highest BCUT2D eigenvalue weighted by atomic mass is 19.1. The Hall–Kier alpha value is -2.07. The van der Waals surface area contributed by atoms with E-state index < -0.39 is 6.10 Å². The van der Waals surface area contributed by atoms with Gasteiger partial charge >= 0.3 is 0 Å². The van der Waals surface area contributed by atoms with Crippen LogP contribution in [-0.2, 0) is 4.74 Å². The third-order valence-electron chi connectivity index (χ3n) is 2.77. The molecule has 0 heterocycles. The van der Waals surface area contributed by atoms with Crippen molar-refractivity contribution in [3.63, 3.8) is 0 Å². The minimum atomic E-state index is -0.413. The molecule has 2 aromatic rings. The molecule has 0 amide bonds. The Balaban J connectivity index is 2.06. The van der Waals surface area contributed by atoms with Crippen LogP contribution in [0.2, 0.25) is 0 Å². The number of para-hydroxylation sites is 1. The molecular weight excluding hydrogens is 247 g/mol. The molecule has 2 aromatic carbocycles. The second-order valence-corrected chi connectivity index (χ2v) is 4.05. The number of halogens is 1. The van der Waals surface area contributed by atoms with Gasteiger partial charge in [-0.05, 0) is 18.2 Å². The van der Waals surface area contributed by atoms with Crippen LogP contribution in [0, 0.1) is 5.82 Å². The summed E-state index contributed by atoms with van der Waals surface area (Å²) in [5, 5.41) is 9.76. The monoisotopic (exact) mass is 262 g/mol. The largest absolute Gasteiger partial charge is 0.508 e.